The molecule has 2 aromatic heterocycles. The fourth-order valence-electron chi connectivity index (χ4n) is 7.53. The van der Waals surface area contributed by atoms with Gasteiger partial charge in [-0.3, -0.25) is 38.4 Å². The van der Waals surface area contributed by atoms with Crippen molar-refractivity contribution in [1.29, 1.82) is 0 Å². The van der Waals surface area contributed by atoms with Crippen LogP contribution in [0.3, 0.4) is 0 Å². The molecule has 7 rings (SSSR count). The number of esters is 5. The van der Waals surface area contributed by atoms with Crippen LogP contribution in [0, 0.1) is 35.0 Å². The molecule has 8 atom stereocenters. The summed E-state index contributed by atoms with van der Waals surface area (Å²) in [6, 6.07) is 12.6. The van der Waals surface area contributed by atoms with Gasteiger partial charge in [0, 0.05) is 29.6 Å². The van der Waals surface area contributed by atoms with Crippen LogP contribution < -0.4 is 25.4 Å². The van der Waals surface area contributed by atoms with Crippen LogP contribution in [0.15, 0.2) is 48.5 Å². The quantitative estimate of drug-likeness (QED) is 0.00842. The zero-order chi connectivity index (χ0) is 88.1. The number of rotatable bonds is 34. The number of nitrogens with zero attached hydrogens (tertiary/aromatic N) is 6. The van der Waals surface area contributed by atoms with Gasteiger partial charge in [-0.1, -0.05) is 229 Å². The van der Waals surface area contributed by atoms with Crippen LogP contribution in [-0.4, -0.2) is 192 Å². The zero-order valence-electron chi connectivity index (χ0n) is 67.1. The molecule has 0 saturated carbocycles. The van der Waals surface area contributed by atoms with Crippen LogP contribution in [0.2, 0.25) is 0 Å². The van der Waals surface area contributed by atoms with Gasteiger partial charge in [-0.2, -0.15) is 0 Å². The fraction of sp³-hybridized carbons (Fsp3) is 0.640. The molecule has 3 fully saturated rings. The highest BCUT2D eigenvalue weighted by molar-refractivity contribution is 6.68. The van der Waals surface area contributed by atoms with Crippen LogP contribution in [-0.2, 0) is 93.0 Å². The van der Waals surface area contributed by atoms with Crippen molar-refractivity contribution in [3.8, 4) is 22.9 Å². The average molecular weight is 1880 g/mol. The number of aliphatic hydroxyl groups is 1. The van der Waals surface area contributed by atoms with E-state index in [-0.39, 0.29) is 176 Å². The lowest BCUT2D eigenvalue weighted by atomic mass is 9.89. The second-order valence-electron chi connectivity index (χ2n) is 27.5. The van der Waals surface area contributed by atoms with Crippen LogP contribution in [0.1, 0.15) is 182 Å². The topological polar surface area (TPSA) is 389 Å². The van der Waals surface area contributed by atoms with Gasteiger partial charge in [-0.25, -0.2) is 34.7 Å². The van der Waals surface area contributed by atoms with Gasteiger partial charge in [-0.05, 0) is 101 Å². The van der Waals surface area contributed by atoms with Gasteiger partial charge in [0.15, 0.2) is 34.9 Å². The van der Waals surface area contributed by atoms with Crippen molar-refractivity contribution in [2.45, 2.75) is 188 Å². The third kappa shape index (κ3) is 44.4. The lowest BCUT2D eigenvalue weighted by molar-refractivity contribution is -0.149. The van der Waals surface area contributed by atoms with E-state index < -0.39 is 38.2 Å². The first kappa shape index (κ1) is 107. The average Bonchev–Trinajstić information content (AvgIpc) is 0.848. The molecule has 41 heteroatoms. The molecule has 0 radical (unpaired) electrons. The number of Topliss-reactive ketones (excluding diaryl/α,β-unsaturated/α-hetero) is 1. The summed E-state index contributed by atoms with van der Waals surface area (Å²) < 4.78 is 42.3. The van der Waals surface area contributed by atoms with Crippen molar-refractivity contribution in [2.24, 2.45) is 35.0 Å². The minimum Gasteiger partial charge on any atom is -0.490 e. The number of epoxide rings is 3. The van der Waals surface area contributed by atoms with Crippen LogP contribution >= 0.6 is 139 Å². The summed E-state index contributed by atoms with van der Waals surface area (Å²) in [6.45, 7) is 32.0. The Morgan fingerprint density at radius 2 is 0.793 bits per heavy atom. The first-order valence-electron chi connectivity index (χ1n) is 37.0. The number of benzene rings is 2. The molecule has 116 heavy (non-hydrogen) atoms. The molecule has 3 aliphatic rings. The second-order valence-corrected chi connectivity index (χ2v) is 36.6. The maximum Gasteiger partial charge on any atom is 0.412 e. The lowest BCUT2D eigenvalue weighted by Gasteiger charge is -2.21. The van der Waals surface area contributed by atoms with Crippen LogP contribution in [0.5, 0.6) is 11.5 Å². The molecule has 3 saturated heterocycles. The van der Waals surface area contributed by atoms with E-state index >= 15 is 0 Å². The second kappa shape index (κ2) is 52.2. The summed E-state index contributed by atoms with van der Waals surface area (Å²) >= 11 is 69.9. The van der Waals surface area contributed by atoms with Crippen molar-refractivity contribution < 1.29 is 95.6 Å². The van der Waals surface area contributed by atoms with Crippen LogP contribution in [0.25, 0.3) is 11.4 Å². The van der Waals surface area contributed by atoms with E-state index in [0.29, 0.717) is 49.5 Å². The van der Waals surface area contributed by atoms with E-state index in [1.54, 1.807) is 43.3 Å². The van der Waals surface area contributed by atoms with E-state index in [0.717, 1.165) is 45.5 Å². The van der Waals surface area contributed by atoms with E-state index in [2.05, 4.69) is 45.9 Å². The number of alkyl halides is 12. The third-order valence-corrected chi connectivity index (χ3v) is 18.6. The first-order chi connectivity index (χ1) is 53.9. The molecule has 8 unspecified atom stereocenters. The number of hydrogen-bond donors (Lipinski definition) is 4. The lowest BCUT2D eigenvalue weighted by Crippen LogP contribution is -2.41. The highest BCUT2D eigenvalue weighted by Crippen LogP contribution is 2.42. The highest BCUT2D eigenvalue weighted by Gasteiger charge is 2.37. The monoisotopic (exact) mass is 1870 g/mol. The molecule has 5 heterocycles. The molecule has 3 amide bonds. The Labute approximate surface area is 736 Å². The highest BCUT2D eigenvalue weighted by atomic mass is 35.6. The van der Waals surface area contributed by atoms with E-state index in [1.807, 2.05) is 83.1 Å². The number of ketones is 1. The Hall–Kier alpha value is -5.19. The Morgan fingerprint density at radius 3 is 1.14 bits per heavy atom. The molecule has 0 bridgehead atoms. The maximum absolute atomic E-state index is 12.1. The van der Waals surface area contributed by atoms with Gasteiger partial charge in [0.2, 0.25) is 27.0 Å². The van der Waals surface area contributed by atoms with Gasteiger partial charge < -0.3 is 68.4 Å². The van der Waals surface area contributed by atoms with Crippen molar-refractivity contribution in [3.63, 3.8) is 0 Å². The Bertz CT molecular complexity index is 3600. The minimum absolute atomic E-state index is 0.0220. The summed E-state index contributed by atoms with van der Waals surface area (Å²) in [5, 5.41) is 17.5. The smallest absolute Gasteiger partial charge is 0.412 e. The van der Waals surface area contributed by atoms with Gasteiger partial charge in [-0.15, -0.1) is 0 Å². The zero-order valence-corrected chi connectivity index (χ0v) is 76.2. The summed E-state index contributed by atoms with van der Waals surface area (Å²) in [5.41, 5.74) is -1.00. The number of carbonyl (C=O) groups is 9. The molecule has 4 aromatic rings. The molecule has 652 valence electrons. The number of ether oxygens (including phenoxy) is 10. The van der Waals surface area contributed by atoms with E-state index in [1.165, 1.54) is 26.0 Å². The maximum atomic E-state index is 12.1. The summed E-state index contributed by atoms with van der Waals surface area (Å²) in [5.74, 6) is -2.14. The molecule has 0 spiro atoms. The molecular weight excluding hydrogens is 1770 g/mol. The summed E-state index contributed by atoms with van der Waals surface area (Å²) in [7, 11) is 0. The Kier molecular flexibility index (Phi) is 48.1. The number of amides is 3. The number of carbonyl (C=O) groups excluding carboxylic acids is 9. The normalized spacial score (nSPS) is 16.0. The third-order valence-electron chi connectivity index (χ3n) is 16.6. The number of nitrogens with one attached hydrogen (secondary N) is 3. The molecular formula is C75H103Cl12N9O20. The molecule has 2 aromatic carbocycles. The first-order valence-corrected chi connectivity index (χ1v) is 41.6. The van der Waals surface area contributed by atoms with Gasteiger partial charge in [0.05, 0.1) is 62.4 Å². The predicted molar refractivity (Wildman–Crippen MR) is 444 cm³/mol. The molecule has 3 aliphatic heterocycles. The molecule has 4 N–H and O–H groups in total. The SMILES string of the molecule is CCC(C)(C)C(=O)NCCNC(=O)Cc1nc(C(Cl)(Cl)Cl)nc(C(Cl)(Cl)Cl)n1.CCC(C)C(=O)OCC1CO1.CCC(C)C(=O)OCC1CO1.CCC(C)C(=O)OCC1CO1.CCC(C)C(=O)OCCNC(=O)Oc1ccc(-c2nc(C(Cl)(Cl)Cl)nc(C(Cl)(Cl)Cl)n2)cc1.CCC(C)C(=O)OCCOc1ccc(C(=O)C(C)(C)O)cc1. The summed E-state index contributed by atoms with van der Waals surface area (Å²) in [6.07, 6.45) is 4.19. The Balaban J connectivity index is 0.000000498. The molecule has 0 aliphatic carbocycles. The molecule has 29 nitrogen and oxygen atoms in total. The van der Waals surface area contributed by atoms with Crippen molar-refractivity contribution in [2.75, 3.05) is 79.1 Å². The van der Waals surface area contributed by atoms with Crippen molar-refractivity contribution >= 4 is 193 Å². The predicted octanol–water partition coefficient (Wildman–Crippen LogP) is 15.1. The Morgan fingerprint density at radius 1 is 0.448 bits per heavy atom. The van der Waals surface area contributed by atoms with Crippen molar-refractivity contribution in [3.05, 3.63) is 83.2 Å². The van der Waals surface area contributed by atoms with Crippen LogP contribution in [0.4, 0.5) is 4.79 Å². The van der Waals surface area contributed by atoms with Gasteiger partial charge in [0.1, 0.15) is 80.9 Å². The van der Waals surface area contributed by atoms with E-state index in [4.69, 9.17) is 187 Å². The van der Waals surface area contributed by atoms with Crippen molar-refractivity contribution in [1.82, 2.24) is 45.9 Å². The van der Waals surface area contributed by atoms with Gasteiger partial charge >= 0.3 is 35.9 Å². The van der Waals surface area contributed by atoms with Gasteiger partial charge in [0.25, 0.3) is 0 Å². The number of hydrogen-bond acceptors (Lipinski definition) is 26. The number of aromatic nitrogens is 6. The minimum atomic E-state index is -1.99. The van der Waals surface area contributed by atoms with E-state index in [9.17, 15) is 48.3 Å². The fourth-order valence-corrected chi connectivity index (χ4v) is 8.55. The number of halogens is 12. The largest absolute Gasteiger partial charge is 0.490 e. The standard InChI is InChI=1S/C19H18Cl6N4O4.C17H24O5.C15H19Cl6N5O2.3C8H14O3/c1-3-10(2)14(30)32-9-8-26-17(31)33-12-6-4-11(5-7-12)13-27-15(18(20,21)22)29-16(28-13)19(23,24)25;1-5-12(2)16(19)22-11-10-21-14-8-6-13(7-9-14)15(18)17(3,4)20;1-4-13(2,3)12(28)23-6-5-22-9(27)7-8-24-10(14(16,17)18)26-11(25-8)15(19,20)21;3*1-3-6(2)8(9)11-5-7-4-10-7/h4-7,10H,3,8-9H2,1-2H3,(H,26,31);6-9,12,20H,5,10-11H2,1-4H3;4-7H2,1-3H3,(H,22,27)(H,23,28);3*6-7H,3-5H2,1-2H3. The summed E-state index contributed by atoms with van der Waals surface area (Å²) in [4.78, 5) is 128.